The zero-order valence-electron chi connectivity index (χ0n) is 6.83. The summed E-state index contributed by atoms with van der Waals surface area (Å²) in [5.74, 6) is 0. The second kappa shape index (κ2) is 4.12. The van der Waals surface area contributed by atoms with E-state index in [0.717, 1.165) is 11.9 Å². The molecule has 1 aromatic rings. The van der Waals surface area contributed by atoms with Crippen molar-refractivity contribution in [1.29, 1.82) is 0 Å². The van der Waals surface area contributed by atoms with Crippen molar-refractivity contribution >= 4 is 17.9 Å². The zero-order valence-corrected chi connectivity index (χ0v) is 7.58. The SMILES string of the molecule is C/C(=C/Cl)Cn1cccc1C=O. The molecule has 3 heteroatoms. The summed E-state index contributed by atoms with van der Waals surface area (Å²) in [5, 5.41) is 0. The van der Waals surface area contributed by atoms with Crippen molar-refractivity contribution in [3.63, 3.8) is 0 Å². The third-order valence-electron chi connectivity index (χ3n) is 1.59. The zero-order chi connectivity index (χ0) is 8.97. The smallest absolute Gasteiger partial charge is 0.166 e. The van der Waals surface area contributed by atoms with Gasteiger partial charge in [-0.1, -0.05) is 11.6 Å². The molecule has 1 aromatic heterocycles. The predicted molar refractivity (Wildman–Crippen MR) is 49.4 cm³/mol. The number of carbonyl (C=O) groups excluding carboxylic acids is 1. The van der Waals surface area contributed by atoms with Gasteiger partial charge in [0, 0.05) is 18.3 Å². The summed E-state index contributed by atoms with van der Waals surface area (Å²) in [6.45, 7) is 2.59. The molecular weight excluding hydrogens is 174 g/mol. The third kappa shape index (κ3) is 1.98. The van der Waals surface area contributed by atoms with E-state index in [2.05, 4.69) is 0 Å². The Kier molecular flexibility index (Phi) is 3.11. The number of aldehydes is 1. The number of carbonyl (C=O) groups is 1. The van der Waals surface area contributed by atoms with Crippen molar-refractivity contribution in [3.05, 3.63) is 35.1 Å². The van der Waals surface area contributed by atoms with Gasteiger partial charge in [-0.2, -0.15) is 0 Å². The highest BCUT2D eigenvalue weighted by Gasteiger charge is 1.98. The molecule has 0 bridgehead atoms. The summed E-state index contributed by atoms with van der Waals surface area (Å²) >= 11 is 5.50. The van der Waals surface area contributed by atoms with Crippen LogP contribution in [0.2, 0.25) is 0 Å². The number of allylic oxidation sites excluding steroid dienone is 1. The summed E-state index contributed by atoms with van der Waals surface area (Å²) < 4.78 is 1.85. The first-order chi connectivity index (χ1) is 5.77. The highest BCUT2D eigenvalue weighted by atomic mass is 35.5. The van der Waals surface area contributed by atoms with Crippen molar-refractivity contribution in [1.82, 2.24) is 4.57 Å². The van der Waals surface area contributed by atoms with E-state index in [9.17, 15) is 4.79 Å². The summed E-state index contributed by atoms with van der Waals surface area (Å²) in [7, 11) is 0. The number of hydrogen-bond donors (Lipinski definition) is 0. The molecule has 0 aliphatic heterocycles. The molecule has 0 saturated carbocycles. The van der Waals surface area contributed by atoms with Crippen LogP contribution in [0.1, 0.15) is 17.4 Å². The van der Waals surface area contributed by atoms with E-state index in [-0.39, 0.29) is 0 Å². The molecule has 64 valence electrons. The fourth-order valence-corrected chi connectivity index (χ4v) is 1.05. The molecule has 0 amide bonds. The number of rotatable bonds is 3. The van der Waals surface area contributed by atoms with Gasteiger partial charge in [0.25, 0.3) is 0 Å². The summed E-state index contributed by atoms with van der Waals surface area (Å²) in [6.07, 6.45) is 2.69. The van der Waals surface area contributed by atoms with Gasteiger partial charge in [-0.05, 0) is 24.6 Å². The molecule has 0 atom stereocenters. The van der Waals surface area contributed by atoms with Gasteiger partial charge >= 0.3 is 0 Å². The Labute approximate surface area is 76.5 Å². The van der Waals surface area contributed by atoms with Crippen LogP contribution < -0.4 is 0 Å². The molecule has 2 nitrogen and oxygen atoms in total. The first kappa shape index (κ1) is 9.07. The largest absolute Gasteiger partial charge is 0.341 e. The maximum absolute atomic E-state index is 10.5. The Morgan fingerprint density at radius 1 is 1.75 bits per heavy atom. The van der Waals surface area contributed by atoms with Gasteiger partial charge in [0.05, 0.1) is 5.69 Å². The minimum Gasteiger partial charge on any atom is -0.341 e. The summed E-state index contributed by atoms with van der Waals surface area (Å²) in [5.41, 5.74) is 3.22. The van der Waals surface area contributed by atoms with Gasteiger partial charge in [0.1, 0.15) is 0 Å². The second-order valence-corrected chi connectivity index (χ2v) is 2.85. The van der Waals surface area contributed by atoms with Gasteiger partial charge in [-0.3, -0.25) is 4.79 Å². The maximum atomic E-state index is 10.5. The molecule has 0 aliphatic rings. The van der Waals surface area contributed by atoms with Crippen LogP contribution in [-0.2, 0) is 6.54 Å². The average molecular weight is 184 g/mol. The van der Waals surface area contributed by atoms with E-state index in [4.69, 9.17) is 11.6 Å². The molecule has 12 heavy (non-hydrogen) atoms. The highest BCUT2D eigenvalue weighted by Crippen LogP contribution is 2.04. The lowest BCUT2D eigenvalue weighted by Gasteiger charge is -2.03. The maximum Gasteiger partial charge on any atom is 0.166 e. The van der Waals surface area contributed by atoms with Crippen LogP contribution in [0.25, 0.3) is 0 Å². The molecule has 1 rings (SSSR count). The van der Waals surface area contributed by atoms with E-state index in [1.54, 1.807) is 6.07 Å². The van der Waals surface area contributed by atoms with Gasteiger partial charge in [-0.15, -0.1) is 0 Å². The van der Waals surface area contributed by atoms with Crippen LogP contribution in [0.5, 0.6) is 0 Å². The summed E-state index contributed by atoms with van der Waals surface area (Å²) in [6, 6.07) is 3.61. The van der Waals surface area contributed by atoms with Gasteiger partial charge < -0.3 is 4.57 Å². The van der Waals surface area contributed by atoms with Crippen LogP contribution in [0, 0.1) is 0 Å². The van der Waals surface area contributed by atoms with E-state index >= 15 is 0 Å². The Morgan fingerprint density at radius 2 is 2.50 bits per heavy atom. The molecule has 1 heterocycles. The lowest BCUT2D eigenvalue weighted by atomic mass is 10.3. The second-order valence-electron chi connectivity index (χ2n) is 2.63. The van der Waals surface area contributed by atoms with Crippen LogP contribution in [0.3, 0.4) is 0 Å². The topological polar surface area (TPSA) is 22.0 Å². The number of hydrogen-bond acceptors (Lipinski definition) is 1. The molecule has 0 unspecified atom stereocenters. The molecule has 0 N–H and O–H groups in total. The Hall–Kier alpha value is -1.02. The standard InChI is InChI=1S/C9H10ClNO/c1-8(5-10)6-11-4-2-3-9(11)7-12/h2-5,7H,6H2,1H3/b8-5-. The Morgan fingerprint density at radius 3 is 3.08 bits per heavy atom. The number of halogens is 1. The molecule has 0 radical (unpaired) electrons. The minimum atomic E-state index is 0.671. The van der Waals surface area contributed by atoms with Crippen LogP contribution in [-0.4, -0.2) is 10.9 Å². The van der Waals surface area contributed by atoms with E-state index in [1.807, 2.05) is 23.8 Å². The number of aromatic nitrogens is 1. The first-order valence-electron chi connectivity index (χ1n) is 3.64. The lowest BCUT2D eigenvalue weighted by molar-refractivity contribution is 0.111. The monoisotopic (exact) mass is 183 g/mol. The van der Waals surface area contributed by atoms with Crippen molar-refractivity contribution in [3.8, 4) is 0 Å². The Bertz CT molecular complexity index is 301. The quantitative estimate of drug-likeness (QED) is 0.660. The highest BCUT2D eigenvalue weighted by molar-refractivity contribution is 6.25. The van der Waals surface area contributed by atoms with Gasteiger partial charge in [0.2, 0.25) is 0 Å². The van der Waals surface area contributed by atoms with Crippen LogP contribution in [0.15, 0.2) is 29.4 Å². The fourth-order valence-electron chi connectivity index (χ4n) is 0.981. The molecule has 0 aliphatic carbocycles. The van der Waals surface area contributed by atoms with E-state index < -0.39 is 0 Å². The predicted octanol–water partition coefficient (Wildman–Crippen LogP) is 2.44. The molecule has 0 fully saturated rings. The fraction of sp³-hybridized carbons (Fsp3) is 0.222. The van der Waals surface area contributed by atoms with Crippen LogP contribution >= 0.6 is 11.6 Å². The first-order valence-corrected chi connectivity index (χ1v) is 4.07. The van der Waals surface area contributed by atoms with E-state index in [0.29, 0.717) is 12.2 Å². The lowest BCUT2D eigenvalue weighted by Crippen LogP contribution is -2.01. The molecule has 0 spiro atoms. The number of nitrogens with zero attached hydrogens (tertiary/aromatic N) is 1. The molecule has 0 aromatic carbocycles. The van der Waals surface area contributed by atoms with Gasteiger partial charge in [-0.25, -0.2) is 0 Å². The van der Waals surface area contributed by atoms with Crippen molar-refractivity contribution in [2.24, 2.45) is 0 Å². The minimum absolute atomic E-state index is 0.671. The van der Waals surface area contributed by atoms with Gasteiger partial charge in [0.15, 0.2) is 6.29 Å². The third-order valence-corrected chi connectivity index (χ3v) is 1.96. The normalized spacial score (nSPS) is 11.7. The van der Waals surface area contributed by atoms with Crippen molar-refractivity contribution in [2.75, 3.05) is 0 Å². The Balaban J connectivity index is 2.81. The van der Waals surface area contributed by atoms with Crippen LogP contribution in [0.4, 0.5) is 0 Å². The molecular formula is C9H10ClNO. The molecule has 0 saturated heterocycles. The summed E-state index contributed by atoms with van der Waals surface area (Å²) in [4.78, 5) is 10.5. The van der Waals surface area contributed by atoms with Crippen molar-refractivity contribution in [2.45, 2.75) is 13.5 Å². The van der Waals surface area contributed by atoms with E-state index in [1.165, 1.54) is 5.54 Å². The average Bonchev–Trinajstić information content (AvgIpc) is 2.51. The van der Waals surface area contributed by atoms with Crippen molar-refractivity contribution < 1.29 is 4.79 Å².